The van der Waals surface area contributed by atoms with E-state index in [4.69, 9.17) is 19.2 Å². The number of hydrogen-bond donors (Lipinski definition) is 0. The van der Waals surface area contributed by atoms with Gasteiger partial charge in [-0.1, -0.05) is 18.2 Å². The second kappa shape index (κ2) is 9.73. The lowest BCUT2D eigenvalue weighted by Crippen LogP contribution is -2.40. The standard InChI is InChI=1S/C23H24N2O4S/c1-27-18-11-9-17(10-12-18)21-16-30-23(24-21)25(14-20-8-5-13-28-20)22(26)15-29-19-6-3-2-4-7-19/h2-4,6-7,9-12,16,20H,5,8,13-15H2,1H3/t20-/m0/s1. The minimum Gasteiger partial charge on any atom is -0.497 e. The van der Waals surface area contributed by atoms with Crippen LogP contribution in [0.4, 0.5) is 5.13 Å². The number of para-hydroxylation sites is 1. The fourth-order valence-electron chi connectivity index (χ4n) is 3.30. The molecule has 6 nitrogen and oxygen atoms in total. The van der Waals surface area contributed by atoms with Gasteiger partial charge in [0.05, 0.1) is 25.5 Å². The van der Waals surface area contributed by atoms with Crippen molar-refractivity contribution in [2.24, 2.45) is 0 Å². The molecule has 0 spiro atoms. The van der Waals surface area contributed by atoms with E-state index >= 15 is 0 Å². The van der Waals surface area contributed by atoms with Crippen molar-refractivity contribution in [2.75, 3.05) is 31.8 Å². The number of nitrogens with zero attached hydrogens (tertiary/aromatic N) is 2. The predicted octanol–water partition coefficient (Wildman–Crippen LogP) is 4.41. The van der Waals surface area contributed by atoms with E-state index in [1.807, 2.05) is 60.0 Å². The minimum absolute atomic E-state index is 0.0269. The first-order chi connectivity index (χ1) is 14.7. The molecule has 0 aliphatic carbocycles. The van der Waals surface area contributed by atoms with E-state index in [2.05, 4.69) is 0 Å². The number of anilines is 1. The van der Waals surface area contributed by atoms with E-state index in [0.717, 1.165) is 36.5 Å². The Kier molecular flexibility index (Phi) is 6.61. The number of carbonyl (C=O) groups is 1. The SMILES string of the molecule is COc1ccc(-c2csc(N(C[C@@H]3CCCO3)C(=O)COc3ccccc3)n2)cc1. The van der Waals surface area contributed by atoms with Crippen LogP contribution in [0.15, 0.2) is 60.0 Å². The fraction of sp³-hybridized carbons (Fsp3) is 0.304. The van der Waals surface area contributed by atoms with Crippen molar-refractivity contribution in [3.63, 3.8) is 0 Å². The summed E-state index contributed by atoms with van der Waals surface area (Å²) >= 11 is 1.45. The average molecular weight is 425 g/mol. The average Bonchev–Trinajstić information content (AvgIpc) is 3.49. The minimum atomic E-state index is -0.134. The molecule has 1 aromatic heterocycles. The number of methoxy groups -OCH3 is 1. The van der Waals surface area contributed by atoms with Gasteiger partial charge in [-0.05, 0) is 49.2 Å². The summed E-state index contributed by atoms with van der Waals surface area (Å²) < 4.78 is 16.7. The van der Waals surface area contributed by atoms with Gasteiger partial charge in [0.1, 0.15) is 11.5 Å². The second-order valence-electron chi connectivity index (χ2n) is 6.98. The number of ether oxygens (including phenoxy) is 3. The van der Waals surface area contributed by atoms with Crippen LogP contribution in [-0.4, -0.2) is 43.9 Å². The molecule has 1 atom stereocenters. The molecule has 4 rings (SSSR count). The monoisotopic (exact) mass is 424 g/mol. The molecule has 0 unspecified atom stereocenters. The first-order valence-corrected chi connectivity index (χ1v) is 10.8. The summed E-state index contributed by atoms with van der Waals surface area (Å²) in [6.45, 7) is 1.17. The van der Waals surface area contributed by atoms with E-state index in [1.54, 1.807) is 12.0 Å². The Balaban J connectivity index is 1.51. The molecular weight excluding hydrogens is 400 g/mol. The summed E-state index contributed by atoms with van der Waals surface area (Å²) in [4.78, 5) is 19.4. The van der Waals surface area contributed by atoms with Crippen molar-refractivity contribution < 1.29 is 19.0 Å². The quantitative estimate of drug-likeness (QED) is 0.536. The Labute approximate surface area is 180 Å². The summed E-state index contributed by atoms with van der Waals surface area (Å²) in [5.74, 6) is 1.33. The number of rotatable bonds is 8. The zero-order valence-electron chi connectivity index (χ0n) is 16.8. The largest absolute Gasteiger partial charge is 0.497 e. The maximum atomic E-state index is 13.0. The third-order valence-electron chi connectivity index (χ3n) is 4.93. The zero-order valence-corrected chi connectivity index (χ0v) is 17.6. The lowest BCUT2D eigenvalue weighted by atomic mass is 10.2. The molecule has 1 saturated heterocycles. The van der Waals surface area contributed by atoms with E-state index in [0.29, 0.717) is 17.4 Å². The Bertz CT molecular complexity index is 953. The summed E-state index contributed by atoms with van der Waals surface area (Å²) in [6, 6.07) is 17.1. The maximum absolute atomic E-state index is 13.0. The molecule has 0 N–H and O–H groups in total. The lowest BCUT2D eigenvalue weighted by Gasteiger charge is -2.23. The molecule has 156 valence electrons. The molecular formula is C23H24N2O4S. The van der Waals surface area contributed by atoms with Gasteiger partial charge in [0.2, 0.25) is 0 Å². The summed E-state index contributed by atoms with van der Waals surface area (Å²) in [6.07, 6.45) is 1.99. The molecule has 0 saturated carbocycles. The Morgan fingerprint density at radius 3 is 2.67 bits per heavy atom. The van der Waals surface area contributed by atoms with Gasteiger partial charge in [0, 0.05) is 17.6 Å². The highest BCUT2D eigenvalue weighted by molar-refractivity contribution is 7.14. The summed E-state index contributed by atoms with van der Waals surface area (Å²) in [5, 5.41) is 2.61. The number of hydrogen-bond acceptors (Lipinski definition) is 6. The normalized spacial score (nSPS) is 15.7. The number of carbonyl (C=O) groups excluding carboxylic acids is 1. The van der Waals surface area contributed by atoms with Crippen LogP contribution < -0.4 is 14.4 Å². The molecule has 1 fully saturated rings. The van der Waals surface area contributed by atoms with Crippen LogP contribution in [0, 0.1) is 0 Å². The number of amides is 1. The van der Waals surface area contributed by atoms with Crippen molar-refractivity contribution in [3.8, 4) is 22.8 Å². The van der Waals surface area contributed by atoms with E-state index in [-0.39, 0.29) is 18.6 Å². The molecule has 7 heteroatoms. The van der Waals surface area contributed by atoms with Gasteiger partial charge in [-0.25, -0.2) is 4.98 Å². The molecule has 2 heterocycles. The number of aromatic nitrogens is 1. The second-order valence-corrected chi connectivity index (χ2v) is 7.82. The zero-order chi connectivity index (χ0) is 20.8. The topological polar surface area (TPSA) is 60.9 Å². The molecule has 1 amide bonds. The molecule has 1 aliphatic heterocycles. The molecule has 2 aromatic carbocycles. The number of benzene rings is 2. The smallest absolute Gasteiger partial charge is 0.266 e. The van der Waals surface area contributed by atoms with Crippen LogP contribution >= 0.6 is 11.3 Å². The van der Waals surface area contributed by atoms with Crippen LogP contribution in [0.5, 0.6) is 11.5 Å². The van der Waals surface area contributed by atoms with Gasteiger partial charge in [0.25, 0.3) is 5.91 Å². The van der Waals surface area contributed by atoms with Crippen molar-refractivity contribution in [1.29, 1.82) is 0 Å². The van der Waals surface area contributed by atoms with Crippen molar-refractivity contribution in [2.45, 2.75) is 18.9 Å². The van der Waals surface area contributed by atoms with Crippen LogP contribution in [0.25, 0.3) is 11.3 Å². The molecule has 30 heavy (non-hydrogen) atoms. The van der Waals surface area contributed by atoms with E-state index in [9.17, 15) is 4.79 Å². The predicted molar refractivity (Wildman–Crippen MR) is 117 cm³/mol. The first kappa shape index (κ1) is 20.4. The van der Waals surface area contributed by atoms with Gasteiger partial charge in [-0.3, -0.25) is 9.69 Å². The Morgan fingerprint density at radius 1 is 1.17 bits per heavy atom. The van der Waals surface area contributed by atoms with Gasteiger partial charge in [-0.15, -0.1) is 11.3 Å². The lowest BCUT2D eigenvalue weighted by molar-refractivity contribution is -0.120. The van der Waals surface area contributed by atoms with Crippen LogP contribution in [0.2, 0.25) is 0 Å². The van der Waals surface area contributed by atoms with Crippen molar-refractivity contribution in [3.05, 3.63) is 60.0 Å². The van der Waals surface area contributed by atoms with E-state index in [1.165, 1.54) is 11.3 Å². The van der Waals surface area contributed by atoms with Crippen LogP contribution in [0.1, 0.15) is 12.8 Å². The number of thiazole rings is 1. The first-order valence-electron chi connectivity index (χ1n) is 9.92. The Morgan fingerprint density at radius 2 is 1.97 bits per heavy atom. The van der Waals surface area contributed by atoms with Crippen molar-refractivity contribution >= 4 is 22.4 Å². The van der Waals surface area contributed by atoms with E-state index < -0.39 is 0 Å². The highest BCUT2D eigenvalue weighted by atomic mass is 32.1. The van der Waals surface area contributed by atoms with Gasteiger partial charge in [0.15, 0.2) is 11.7 Å². The summed E-state index contributed by atoms with van der Waals surface area (Å²) in [7, 11) is 1.64. The van der Waals surface area contributed by atoms with Gasteiger partial charge < -0.3 is 14.2 Å². The molecule has 0 bridgehead atoms. The molecule has 3 aromatic rings. The third-order valence-corrected chi connectivity index (χ3v) is 5.79. The van der Waals surface area contributed by atoms with Gasteiger partial charge >= 0.3 is 0 Å². The third kappa shape index (κ3) is 4.98. The Hall–Kier alpha value is -2.90. The van der Waals surface area contributed by atoms with Gasteiger partial charge in [-0.2, -0.15) is 0 Å². The maximum Gasteiger partial charge on any atom is 0.266 e. The molecule has 0 radical (unpaired) electrons. The molecule has 1 aliphatic rings. The summed E-state index contributed by atoms with van der Waals surface area (Å²) in [5.41, 5.74) is 1.80. The van der Waals surface area contributed by atoms with Crippen molar-refractivity contribution in [1.82, 2.24) is 4.98 Å². The highest BCUT2D eigenvalue weighted by Crippen LogP contribution is 2.30. The fourth-order valence-corrected chi connectivity index (χ4v) is 4.16. The highest BCUT2D eigenvalue weighted by Gasteiger charge is 2.26. The van der Waals surface area contributed by atoms with Crippen LogP contribution in [0.3, 0.4) is 0 Å². The van der Waals surface area contributed by atoms with Crippen LogP contribution in [-0.2, 0) is 9.53 Å².